The molecule has 72 valence electrons. The zero-order valence-corrected chi connectivity index (χ0v) is 8.43. The highest BCUT2D eigenvalue weighted by Gasteiger charge is 2.16. The number of fused-ring (bicyclic) bond motifs is 1. The van der Waals surface area contributed by atoms with Crippen molar-refractivity contribution >= 4 is 44.4 Å². The second kappa shape index (κ2) is 3.11. The van der Waals surface area contributed by atoms with E-state index < -0.39 is 4.92 Å². The van der Waals surface area contributed by atoms with Crippen molar-refractivity contribution in [1.82, 2.24) is 0 Å². The molecule has 0 radical (unpaired) electrons. The first-order valence-electron chi connectivity index (χ1n) is 3.71. The summed E-state index contributed by atoms with van der Waals surface area (Å²) in [5.74, 6) is 0. The van der Waals surface area contributed by atoms with Crippen molar-refractivity contribution in [3.05, 3.63) is 32.6 Å². The maximum Gasteiger partial charge on any atom is 0.292 e. The van der Waals surface area contributed by atoms with Crippen molar-refractivity contribution in [1.29, 1.82) is 0 Å². The van der Waals surface area contributed by atoms with Crippen LogP contribution >= 0.6 is 22.9 Å². The fourth-order valence-corrected chi connectivity index (χ4v) is 2.49. The molecule has 0 atom stereocenters. The Hall–Kier alpha value is -1.33. The average molecular weight is 229 g/mol. The van der Waals surface area contributed by atoms with Gasteiger partial charge in [-0.3, -0.25) is 10.1 Å². The van der Waals surface area contributed by atoms with Gasteiger partial charge in [0.25, 0.3) is 5.69 Å². The van der Waals surface area contributed by atoms with Crippen LogP contribution in [0.4, 0.5) is 11.4 Å². The fourth-order valence-electron chi connectivity index (χ4n) is 1.27. The van der Waals surface area contributed by atoms with Crippen LogP contribution in [-0.4, -0.2) is 4.92 Å². The third kappa shape index (κ3) is 1.21. The number of benzene rings is 1. The number of nitro benzene ring substituents is 1. The van der Waals surface area contributed by atoms with E-state index in [0.717, 1.165) is 4.70 Å². The number of anilines is 1. The van der Waals surface area contributed by atoms with Crippen molar-refractivity contribution in [3.63, 3.8) is 0 Å². The summed E-state index contributed by atoms with van der Waals surface area (Å²) in [5.41, 5.74) is 5.68. The lowest BCUT2D eigenvalue weighted by molar-refractivity contribution is -0.383. The van der Waals surface area contributed by atoms with Crippen molar-refractivity contribution in [2.45, 2.75) is 0 Å². The van der Waals surface area contributed by atoms with E-state index in [9.17, 15) is 10.1 Å². The number of halogens is 1. The van der Waals surface area contributed by atoms with Crippen LogP contribution in [0, 0.1) is 10.1 Å². The molecule has 0 spiro atoms. The van der Waals surface area contributed by atoms with E-state index in [1.54, 1.807) is 11.4 Å². The van der Waals surface area contributed by atoms with Crippen LogP contribution in [0.1, 0.15) is 0 Å². The van der Waals surface area contributed by atoms with Gasteiger partial charge in [0.2, 0.25) is 0 Å². The number of hydrogen-bond acceptors (Lipinski definition) is 4. The van der Waals surface area contributed by atoms with Crippen LogP contribution in [0.3, 0.4) is 0 Å². The first kappa shape index (κ1) is 9.23. The summed E-state index contributed by atoms with van der Waals surface area (Å²) in [6, 6.07) is 3.05. The highest BCUT2D eigenvalue weighted by Crippen LogP contribution is 2.38. The van der Waals surface area contributed by atoms with E-state index in [1.807, 2.05) is 0 Å². The lowest BCUT2D eigenvalue weighted by Gasteiger charge is -1.98. The SMILES string of the molecule is Nc1c([N+](=O)[O-])ccc2scc(Cl)c12. The van der Waals surface area contributed by atoms with E-state index in [0.29, 0.717) is 10.4 Å². The van der Waals surface area contributed by atoms with Gasteiger partial charge in [0, 0.05) is 21.5 Å². The highest BCUT2D eigenvalue weighted by molar-refractivity contribution is 7.18. The molecule has 0 aliphatic carbocycles. The minimum absolute atomic E-state index is 0.0993. The Balaban J connectivity index is 2.86. The quantitative estimate of drug-likeness (QED) is 0.463. The number of nitrogen functional groups attached to an aromatic ring is 1. The molecule has 0 aliphatic rings. The number of hydrogen-bond donors (Lipinski definition) is 1. The van der Waals surface area contributed by atoms with Crippen LogP contribution in [0.25, 0.3) is 10.1 Å². The molecule has 0 unspecified atom stereocenters. The summed E-state index contributed by atoms with van der Waals surface area (Å²) < 4.78 is 0.859. The first-order valence-corrected chi connectivity index (χ1v) is 4.96. The van der Waals surface area contributed by atoms with Gasteiger partial charge in [-0.1, -0.05) is 11.6 Å². The zero-order chi connectivity index (χ0) is 10.3. The van der Waals surface area contributed by atoms with E-state index in [1.165, 1.54) is 17.4 Å². The minimum Gasteiger partial charge on any atom is -0.393 e. The molecule has 2 rings (SSSR count). The summed E-state index contributed by atoms with van der Waals surface area (Å²) in [5, 5.41) is 13.3. The largest absolute Gasteiger partial charge is 0.393 e. The van der Waals surface area contributed by atoms with Gasteiger partial charge in [0.05, 0.1) is 9.95 Å². The van der Waals surface area contributed by atoms with Gasteiger partial charge in [0.15, 0.2) is 0 Å². The first-order chi connectivity index (χ1) is 6.61. The standard InChI is InChI=1S/C8H5ClN2O2S/c9-4-3-14-6-2-1-5(11(12)13)8(10)7(4)6/h1-3H,10H2. The van der Waals surface area contributed by atoms with Crippen LogP contribution in [0.5, 0.6) is 0 Å². The molecule has 1 aromatic heterocycles. The lowest BCUT2D eigenvalue weighted by atomic mass is 10.2. The summed E-state index contributed by atoms with van der Waals surface area (Å²) in [6.07, 6.45) is 0. The molecule has 4 nitrogen and oxygen atoms in total. The van der Waals surface area contributed by atoms with E-state index in [2.05, 4.69) is 0 Å². The Morgan fingerprint density at radius 3 is 2.86 bits per heavy atom. The van der Waals surface area contributed by atoms with Crippen LogP contribution in [0.2, 0.25) is 5.02 Å². The maximum absolute atomic E-state index is 10.6. The van der Waals surface area contributed by atoms with Gasteiger partial charge in [-0.15, -0.1) is 11.3 Å². The minimum atomic E-state index is -0.511. The molecule has 0 fully saturated rings. The van der Waals surface area contributed by atoms with E-state index in [-0.39, 0.29) is 11.4 Å². The number of nitro groups is 1. The predicted octanol–water partition coefficient (Wildman–Crippen LogP) is 3.05. The molecule has 1 aromatic carbocycles. The van der Waals surface area contributed by atoms with Crippen molar-refractivity contribution in [2.24, 2.45) is 0 Å². The predicted molar refractivity (Wildman–Crippen MR) is 57.9 cm³/mol. The number of thiophene rings is 1. The number of rotatable bonds is 1. The van der Waals surface area contributed by atoms with E-state index >= 15 is 0 Å². The molecule has 0 bridgehead atoms. The molecule has 2 N–H and O–H groups in total. The Morgan fingerprint density at radius 2 is 2.21 bits per heavy atom. The summed E-state index contributed by atoms with van der Waals surface area (Å²) in [4.78, 5) is 10.1. The molecule has 6 heteroatoms. The van der Waals surface area contributed by atoms with Crippen LogP contribution < -0.4 is 5.73 Å². The van der Waals surface area contributed by atoms with Crippen LogP contribution in [0.15, 0.2) is 17.5 Å². The molecule has 0 saturated carbocycles. The van der Waals surface area contributed by atoms with Crippen molar-refractivity contribution in [3.8, 4) is 0 Å². The smallest absolute Gasteiger partial charge is 0.292 e. The Labute approximate surface area is 88.0 Å². The van der Waals surface area contributed by atoms with Gasteiger partial charge in [-0.2, -0.15) is 0 Å². The third-order valence-corrected chi connectivity index (χ3v) is 3.28. The van der Waals surface area contributed by atoms with Crippen LogP contribution in [-0.2, 0) is 0 Å². The fraction of sp³-hybridized carbons (Fsp3) is 0. The number of nitrogens with zero attached hydrogens (tertiary/aromatic N) is 1. The second-order valence-corrected chi connectivity index (χ2v) is 4.03. The maximum atomic E-state index is 10.6. The Morgan fingerprint density at radius 1 is 1.50 bits per heavy atom. The van der Waals surface area contributed by atoms with Gasteiger partial charge in [0.1, 0.15) is 5.69 Å². The number of nitrogens with two attached hydrogens (primary N) is 1. The Bertz CT molecular complexity index is 523. The van der Waals surface area contributed by atoms with Gasteiger partial charge >= 0.3 is 0 Å². The lowest BCUT2D eigenvalue weighted by Crippen LogP contribution is -1.95. The molecule has 0 amide bonds. The highest BCUT2D eigenvalue weighted by atomic mass is 35.5. The van der Waals surface area contributed by atoms with E-state index in [4.69, 9.17) is 17.3 Å². The summed E-state index contributed by atoms with van der Waals surface area (Å²) in [7, 11) is 0. The molecular weight excluding hydrogens is 224 g/mol. The van der Waals surface area contributed by atoms with Gasteiger partial charge < -0.3 is 5.73 Å². The summed E-state index contributed by atoms with van der Waals surface area (Å²) in [6.45, 7) is 0. The van der Waals surface area contributed by atoms with Gasteiger partial charge in [-0.05, 0) is 6.07 Å². The molecule has 1 heterocycles. The summed E-state index contributed by atoms with van der Waals surface area (Å²) >= 11 is 7.28. The zero-order valence-electron chi connectivity index (χ0n) is 6.86. The van der Waals surface area contributed by atoms with Gasteiger partial charge in [-0.25, -0.2) is 0 Å². The Kier molecular flexibility index (Phi) is 2.05. The molecule has 0 aliphatic heterocycles. The topological polar surface area (TPSA) is 69.2 Å². The molecule has 0 saturated heterocycles. The van der Waals surface area contributed by atoms with Crippen molar-refractivity contribution < 1.29 is 4.92 Å². The van der Waals surface area contributed by atoms with Crippen molar-refractivity contribution in [2.75, 3.05) is 5.73 Å². The molecular formula is C8H5ClN2O2S. The monoisotopic (exact) mass is 228 g/mol. The second-order valence-electron chi connectivity index (χ2n) is 2.71. The third-order valence-electron chi connectivity index (χ3n) is 1.91. The normalized spacial score (nSPS) is 10.6. The average Bonchev–Trinajstić information content (AvgIpc) is 2.48. The molecule has 2 aromatic rings. The molecule has 14 heavy (non-hydrogen) atoms.